The van der Waals surface area contributed by atoms with Gasteiger partial charge in [0, 0.05) is 28.9 Å². The van der Waals surface area contributed by atoms with Gasteiger partial charge in [-0.25, -0.2) is 19.2 Å². The van der Waals surface area contributed by atoms with Gasteiger partial charge in [0.05, 0.1) is 6.04 Å². The number of carbonyl (C=O) groups excluding carboxylic acids is 1. The molecule has 1 saturated carbocycles. The molecule has 2 aromatic heterocycles. The van der Waals surface area contributed by atoms with Gasteiger partial charge in [0.15, 0.2) is 0 Å². The number of hydrogen-bond donors (Lipinski definition) is 3. The predicted octanol–water partition coefficient (Wildman–Crippen LogP) is 5.02. The van der Waals surface area contributed by atoms with Crippen LogP contribution in [-0.4, -0.2) is 47.9 Å². The van der Waals surface area contributed by atoms with Crippen molar-refractivity contribution in [1.29, 1.82) is 0 Å². The number of anilines is 2. The molecule has 0 radical (unpaired) electrons. The number of nitrogens with zero attached hydrogens (tertiary/aromatic N) is 2. The molecule has 2 fully saturated rings. The molecule has 6 rings (SSSR count). The second-order valence-electron chi connectivity index (χ2n) is 10.4. The van der Waals surface area contributed by atoms with E-state index < -0.39 is 6.09 Å². The first-order valence-electron chi connectivity index (χ1n) is 12.6. The minimum atomic E-state index is -0.507. The van der Waals surface area contributed by atoms with Gasteiger partial charge in [0.25, 0.3) is 0 Å². The molecule has 1 aromatic carbocycles. The normalized spacial score (nSPS) is 20.7. The highest BCUT2D eigenvalue weighted by atomic mass is 19.1. The topological polar surface area (TPSA) is 97.4 Å². The molecule has 1 spiro atoms. The predicted molar refractivity (Wildman–Crippen MR) is 136 cm³/mol. The minimum Gasteiger partial charge on any atom is -0.474 e. The summed E-state index contributed by atoms with van der Waals surface area (Å²) in [7, 11) is 0. The summed E-state index contributed by atoms with van der Waals surface area (Å²) in [4.78, 5) is 21.2. The van der Waals surface area contributed by atoms with E-state index in [9.17, 15) is 4.79 Å². The van der Waals surface area contributed by atoms with Gasteiger partial charge in [0.2, 0.25) is 5.88 Å². The maximum Gasteiger partial charge on any atom is 0.413 e. The molecule has 3 aliphatic rings. The number of nitrogens with one attached hydrogen (secondary N) is 3. The molecule has 1 atom stereocenters. The van der Waals surface area contributed by atoms with Crippen molar-refractivity contribution in [3.05, 3.63) is 42.0 Å². The Hall–Kier alpha value is -3.46. The summed E-state index contributed by atoms with van der Waals surface area (Å²) in [5, 5.41) is 10.9. The summed E-state index contributed by atoms with van der Waals surface area (Å²) in [6.07, 6.45) is 6.76. The molecule has 4 heterocycles. The summed E-state index contributed by atoms with van der Waals surface area (Å²) in [6.45, 7) is 6.56. The SMILES string of the molecule is Cc1c(-c2cc3cc(NC(=O)OC4CC5(CCNCC5)C4)ncc3cc2F)cnc2c1NC(C)CO2. The van der Waals surface area contributed by atoms with E-state index in [2.05, 4.69) is 25.9 Å². The number of carbonyl (C=O) groups is 1. The number of ether oxygens (including phenoxy) is 2. The maximum atomic E-state index is 15.1. The number of piperidine rings is 1. The highest BCUT2D eigenvalue weighted by molar-refractivity contribution is 5.92. The van der Waals surface area contributed by atoms with E-state index in [1.165, 1.54) is 6.07 Å². The van der Waals surface area contributed by atoms with Crippen LogP contribution in [0.3, 0.4) is 0 Å². The van der Waals surface area contributed by atoms with Gasteiger partial charge in [0.1, 0.15) is 30.0 Å². The zero-order valence-electron chi connectivity index (χ0n) is 20.5. The average Bonchev–Trinajstić information content (AvgIpc) is 2.84. The average molecular weight is 492 g/mol. The molecule has 9 heteroatoms. The van der Waals surface area contributed by atoms with Gasteiger partial charge in [-0.05, 0) is 87.2 Å². The Morgan fingerprint density at radius 3 is 2.75 bits per heavy atom. The summed E-state index contributed by atoms with van der Waals surface area (Å²) in [5.74, 6) is 0.531. The Morgan fingerprint density at radius 2 is 1.94 bits per heavy atom. The van der Waals surface area contributed by atoms with Crippen LogP contribution in [-0.2, 0) is 4.74 Å². The van der Waals surface area contributed by atoms with E-state index in [0.29, 0.717) is 40.2 Å². The van der Waals surface area contributed by atoms with Crippen molar-refractivity contribution in [2.75, 3.05) is 30.3 Å². The van der Waals surface area contributed by atoms with Crippen LogP contribution >= 0.6 is 0 Å². The molecular weight excluding hydrogens is 461 g/mol. The molecule has 1 amide bonds. The lowest BCUT2D eigenvalue weighted by atomic mass is 9.62. The van der Waals surface area contributed by atoms with Crippen LogP contribution in [0.25, 0.3) is 21.9 Å². The maximum absolute atomic E-state index is 15.1. The first kappa shape index (κ1) is 23.0. The molecule has 1 saturated heterocycles. The molecule has 8 nitrogen and oxygen atoms in total. The monoisotopic (exact) mass is 491 g/mol. The quantitative estimate of drug-likeness (QED) is 0.473. The largest absolute Gasteiger partial charge is 0.474 e. The highest BCUT2D eigenvalue weighted by Crippen LogP contribution is 2.49. The van der Waals surface area contributed by atoms with E-state index in [1.807, 2.05) is 13.8 Å². The van der Waals surface area contributed by atoms with Crippen molar-refractivity contribution in [3.63, 3.8) is 0 Å². The van der Waals surface area contributed by atoms with E-state index >= 15 is 4.39 Å². The van der Waals surface area contributed by atoms with Gasteiger partial charge >= 0.3 is 6.09 Å². The molecule has 3 N–H and O–H groups in total. The molecular formula is C27H30FN5O3. The lowest BCUT2D eigenvalue weighted by Crippen LogP contribution is -2.49. The number of halogens is 1. The van der Waals surface area contributed by atoms with Crippen molar-refractivity contribution in [1.82, 2.24) is 15.3 Å². The van der Waals surface area contributed by atoms with Gasteiger partial charge < -0.3 is 20.1 Å². The fraction of sp³-hybridized carbons (Fsp3) is 0.444. The molecule has 1 unspecified atom stereocenters. The van der Waals surface area contributed by atoms with E-state index in [0.717, 1.165) is 55.4 Å². The Labute approximate surface area is 209 Å². The Bertz CT molecular complexity index is 1330. The molecule has 1 aliphatic carbocycles. The summed E-state index contributed by atoms with van der Waals surface area (Å²) in [5.41, 5.74) is 3.10. The minimum absolute atomic E-state index is 0.0518. The Kier molecular flexibility index (Phi) is 5.67. The van der Waals surface area contributed by atoms with Crippen molar-refractivity contribution >= 4 is 28.4 Å². The summed E-state index contributed by atoms with van der Waals surface area (Å²) >= 11 is 0. The van der Waals surface area contributed by atoms with Crippen LogP contribution in [0.2, 0.25) is 0 Å². The molecule has 36 heavy (non-hydrogen) atoms. The number of pyridine rings is 2. The molecule has 0 bridgehead atoms. The lowest BCUT2D eigenvalue weighted by molar-refractivity contribution is -0.0539. The van der Waals surface area contributed by atoms with Crippen LogP contribution in [0.1, 0.15) is 38.2 Å². The second-order valence-corrected chi connectivity index (χ2v) is 10.4. The highest BCUT2D eigenvalue weighted by Gasteiger charge is 2.46. The third-order valence-electron chi connectivity index (χ3n) is 7.75. The smallest absolute Gasteiger partial charge is 0.413 e. The number of aromatic nitrogens is 2. The van der Waals surface area contributed by atoms with Crippen LogP contribution < -0.4 is 20.7 Å². The van der Waals surface area contributed by atoms with Crippen LogP contribution in [0.5, 0.6) is 5.88 Å². The van der Waals surface area contributed by atoms with Gasteiger partial charge in [-0.2, -0.15) is 0 Å². The van der Waals surface area contributed by atoms with E-state index in [1.54, 1.807) is 24.5 Å². The zero-order chi connectivity index (χ0) is 24.9. The summed E-state index contributed by atoms with van der Waals surface area (Å²) < 4.78 is 26.5. The second kappa shape index (κ2) is 8.89. The summed E-state index contributed by atoms with van der Waals surface area (Å²) in [6, 6.07) is 5.09. The molecule has 188 valence electrons. The fourth-order valence-electron chi connectivity index (χ4n) is 5.70. The lowest BCUT2D eigenvalue weighted by Gasteiger charge is -2.49. The van der Waals surface area contributed by atoms with Crippen LogP contribution in [0, 0.1) is 18.2 Å². The fourth-order valence-corrected chi connectivity index (χ4v) is 5.70. The number of fused-ring (bicyclic) bond motifs is 2. The number of amides is 1. The third-order valence-corrected chi connectivity index (χ3v) is 7.75. The third kappa shape index (κ3) is 4.21. The Morgan fingerprint density at radius 1 is 1.14 bits per heavy atom. The number of rotatable bonds is 3. The zero-order valence-corrected chi connectivity index (χ0v) is 20.5. The first-order valence-corrected chi connectivity index (χ1v) is 12.6. The standard InChI is InChI=1S/C27H30FN5O3/c1-15-14-35-25-24(32-15)16(2)21(13-31-25)20-7-17-9-23(30-12-18(17)8-22(20)28)33-26(34)36-19-10-27(11-19)3-5-29-6-4-27/h7-9,12-13,15,19,29,32H,3-6,10-11,14H2,1-2H3,(H,30,33,34). The van der Waals surface area contributed by atoms with Crippen molar-refractivity contribution < 1.29 is 18.7 Å². The molecule has 2 aliphatic heterocycles. The Balaban J connectivity index is 1.20. The molecule has 3 aromatic rings. The van der Waals surface area contributed by atoms with Gasteiger partial charge in [-0.1, -0.05) is 0 Å². The van der Waals surface area contributed by atoms with Gasteiger partial charge in [-0.15, -0.1) is 0 Å². The van der Waals surface area contributed by atoms with E-state index in [-0.39, 0.29) is 18.0 Å². The van der Waals surface area contributed by atoms with Crippen molar-refractivity contribution in [2.24, 2.45) is 5.41 Å². The van der Waals surface area contributed by atoms with Crippen molar-refractivity contribution in [2.45, 2.75) is 51.7 Å². The van der Waals surface area contributed by atoms with Crippen LogP contribution in [0.15, 0.2) is 30.6 Å². The van der Waals surface area contributed by atoms with Crippen molar-refractivity contribution in [3.8, 4) is 17.0 Å². The number of hydrogen-bond acceptors (Lipinski definition) is 7. The van der Waals surface area contributed by atoms with E-state index in [4.69, 9.17) is 9.47 Å². The first-order chi connectivity index (χ1) is 17.4. The van der Waals surface area contributed by atoms with Gasteiger partial charge in [-0.3, -0.25) is 5.32 Å². The van der Waals surface area contributed by atoms with Crippen LogP contribution in [0.4, 0.5) is 20.7 Å². The number of benzene rings is 1.